The molecule has 0 unspecified atom stereocenters. The number of fused-ring (bicyclic) bond motifs is 2. The van der Waals surface area contributed by atoms with E-state index < -0.39 is 6.08 Å². The Morgan fingerprint density at radius 1 is 0.952 bits per heavy atom. The molecule has 0 radical (unpaired) electrons. The largest absolute Gasteiger partial charge is 0.382 e. The number of nitrogen functional groups attached to an aromatic ring is 1. The zero-order valence-electron chi connectivity index (χ0n) is 10.8. The average Bonchev–Trinajstić information content (AvgIpc) is 3.03. The maximum Gasteiger partial charge on any atom is 0.312 e. The smallest absolute Gasteiger partial charge is 0.312 e. The second-order valence-electron chi connectivity index (χ2n) is 4.36. The second kappa shape index (κ2) is 3.91. The van der Waals surface area contributed by atoms with E-state index >= 15 is 0 Å². The summed E-state index contributed by atoms with van der Waals surface area (Å²) in [6.45, 7) is 1.83. The van der Waals surface area contributed by atoms with Crippen LogP contribution in [0.1, 0.15) is 5.69 Å². The SMILES string of the molecule is Cc1ncnc2c1ncn2-n1cnc2c(N)nc(F)nc21. The number of halogens is 1. The summed E-state index contributed by atoms with van der Waals surface area (Å²) in [6, 6.07) is 0. The van der Waals surface area contributed by atoms with Crippen LogP contribution in [0.4, 0.5) is 10.2 Å². The van der Waals surface area contributed by atoms with Crippen LogP contribution in [-0.4, -0.2) is 39.3 Å². The van der Waals surface area contributed by atoms with Crippen LogP contribution in [0.5, 0.6) is 0 Å². The maximum atomic E-state index is 13.4. The van der Waals surface area contributed by atoms with Gasteiger partial charge >= 0.3 is 6.08 Å². The van der Waals surface area contributed by atoms with Crippen LogP contribution in [-0.2, 0) is 0 Å². The van der Waals surface area contributed by atoms with E-state index in [1.807, 2.05) is 6.92 Å². The number of hydrogen-bond acceptors (Lipinski definition) is 7. The summed E-state index contributed by atoms with van der Waals surface area (Å²) < 4.78 is 16.5. The van der Waals surface area contributed by atoms with Crippen molar-refractivity contribution in [1.29, 1.82) is 0 Å². The average molecular weight is 285 g/mol. The van der Waals surface area contributed by atoms with Crippen molar-refractivity contribution in [2.24, 2.45) is 0 Å². The van der Waals surface area contributed by atoms with Crippen molar-refractivity contribution in [3.05, 3.63) is 30.8 Å². The molecule has 0 fully saturated rings. The van der Waals surface area contributed by atoms with Gasteiger partial charge in [-0.25, -0.2) is 29.3 Å². The molecule has 4 aromatic rings. The van der Waals surface area contributed by atoms with Crippen molar-refractivity contribution in [3.8, 4) is 0 Å². The lowest BCUT2D eigenvalue weighted by atomic mass is 10.4. The number of aryl methyl sites for hydroxylation is 1. The molecule has 4 heterocycles. The standard InChI is InChI=1S/C11H8FN9/c1-5-6-9(15-2-14-5)20(3-16-6)21-4-17-7-8(13)18-11(12)19-10(7)21/h2-4H,1H3,(H2,13,18,19). The Balaban J connectivity index is 2.07. The number of nitrogens with zero attached hydrogens (tertiary/aromatic N) is 8. The Bertz CT molecular complexity index is 986. The van der Waals surface area contributed by atoms with Crippen molar-refractivity contribution in [2.45, 2.75) is 6.92 Å². The minimum absolute atomic E-state index is 0.0218. The summed E-state index contributed by atoms with van der Waals surface area (Å²) in [4.78, 5) is 23.8. The van der Waals surface area contributed by atoms with Crippen molar-refractivity contribution in [1.82, 2.24) is 39.3 Å². The summed E-state index contributed by atoms with van der Waals surface area (Å²) >= 11 is 0. The molecule has 0 spiro atoms. The molecule has 0 aliphatic carbocycles. The van der Waals surface area contributed by atoms with Gasteiger partial charge in [0.1, 0.15) is 24.5 Å². The first-order chi connectivity index (χ1) is 10.1. The second-order valence-corrected chi connectivity index (χ2v) is 4.36. The van der Waals surface area contributed by atoms with Crippen LogP contribution in [0.2, 0.25) is 0 Å². The number of hydrogen-bond donors (Lipinski definition) is 1. The van der Waals surface area contributed by atoms with E-state index in [0.29, 0.717) is 16.7 Å². The Kier molecular flexibility index (Phi) is 2.17. The molecule has 0 aliphatic rings. The van der Waals surface area contributed by atoms with Crippen molar-refractivity contribution >= 4 is 28.1 Å². The van der Waals surface area contributed by atoms with Crippen molar-refractivity contribution < 1.29 is 4.39 Å². The summed E-state index contributed by atoms with van der Waals surface area (Å²) in [5.41, 5.74) is 8.12. The molecule has 104 valence electrons. The van der Waals surface area contributed by atoms with E-state index in [1.165, 1.54) is 23.7 Å². The molecule has 2 N–H and O–H groups in total. The van der Waals surface area contributed by atoms with Gasteiger partial charge in [-0.2, -0.15) is 14.4 Å². The molecular weight excluding hydrogens is 277 g/mol. The molecule has 0 aromatic carbocycles. The fourth-order valence-electron chi connectivity index (χ4n) is 2.14. The molecule has 0 amide bonds. The molecule has 0 aliphatic heterocycles. The highest BCUT2D eigenvalue weighted by Crippen LogP contribution is 2.18. The lowest BCUT2D eigenvalue weighted by molar-refractivity contribution is 0.541. The summed E-state index contributed by atoms with van der Waals surface area (Å²) in [6.07, 6.45) is 3.49. The van der Waals surface area contributed by atoms with E-state index in [1.54, 1.807) is 4.68 Å². The van der Waals surface area contributed by atoms with Crippen LogP contribution in [0.25, 0.3) is 22.3 Å². The van der Waals surface area contributed by atoms with E-state index in [2.05, 4.69) is 29.9 Å². The molecular formula is C11H8FN9. The Hall–Kier alpha value is -3.17. The van der Waals surface area contributed by atoms with Gasteiger partial charge in [0.25, 0.3) is 0 Å². The lowest BCUT2D eigenvalue weighted by Gasteiger charge is -2.05. The van der Waals surface area contributed by atoms with Crippen LogP contribution >= 0.6 is 0 Å². The Labute approximate surface area is 116 Å². The topological polar surface area (TPSA) is 113 Å². The predicted octanol–water partition coefficient (Wildman–Crippen LogP) is 0.307. The third-order valence-electron chi connectivity index (χ3n) is 3.11. The third kappa shape index (κ3) is 1.55. The Morgan fingerprint density at radius 2 is 1.67 bits per heavy atom. The molecule has 0 atom stereocenters. The van der Waals surface area contributed by atoms with Gasteiger partial charge < -0.3 is 5.73 Å². The van der Waals surface area contributed by atoms with Gasteiger partial charge in [0.05, 0.1) is 5.69 Å². The van der Waals surface area contributed by atoms with Crippen LogP contribution in [0.15, 0.2) is 19.0 Å². The molecule has 9 nitrogen and oxygen atoms in total. The van der Waals surface area contributed by atoms with E-state index in [0.717, 1.165) is 5.69 Å². The minimum atomic E-state index is -0.919. The quantitative estimate of drug-likeness (QED) is 0.500. The summed E-state index contributed by atoms with van der Waals surface area (Å²) in [7, 11) is 0. The van der Waals surface area contributed by atoms with Gasteiger partial charge in [0.15, 0.2) is 22.6 Å². The van der Waals surface area contributed by atoms with Crippen LogP contribution in [0, 0.1) is 13.0 Å². The first-order valence-electron chi connectivity index (χ1n) is 5.96. The van der Waals surface area contributed by atoms with Crippen LogP contribution < -0.4 is 5.73 Å². The van der Waals surface area contributed by atoms with Gasteiger partial charge in [-0.3, -0.25) is 0 Å². The number of anilines is 1. The number of aromatic nitrogens is 8. The third-order valence-corrected chi connectivity index (χ3v) is 3.11. The van der Waals surface area contributed by atoms with Crippen LogP contribution in [0.3, 0.4) is 0 Å². The van der Waals surface area contributed by atoms with Gasteiger partial charge in [-0.05, 0) is 6.92 Å². The van der Waals surface area contributed by atoms with E-state index in [-0.39, 0.29) is 11.5 Å². The molecule has 10 heteroatoms. The van der Waals surface area contributed by atoms with Crippen molar-refractivity contribution in [2.75, 3.05) is 5.73 Å². The fraction of sp³-hybridized carbons (Fsp3) is 0.0909. The van der Waals surface area contributed by atoms with E-state index in [4.69, 9.17) is 5.73 Å². The van der Waals surface area contributed by atoms with Crippen molar-refractivity contribution in [3.63, 3.8) is 0 Å². The van der Waals surface area contributed by atoms with Gasteiger partial charge in [0.2, 0.25) is 0 Å². The molecule has 0 bridgehead atoms. The van der Waals surface area contributed by atoms with Gasteiger partial charge in [-0.15, -0.1) is 0 Å². The summed E-state index contributed by atoms with van der Waals surface area (Å²) in [5, 5.41) is 0. The summed E-state index contributed by atoms with van der Waals surface area (Å²) in [5.74, 6) is -0.0218. The van der Waals surface area contributed by atoms with Gasteiger partial charge in [-0.1, -0.05) is 0 Å². The zero-order chi connectivity index (χ0) is 14.6. The Morgan fingerprint density at radius 3 is 2.48 bits per heavy atom. The lowest BCUT2D eigenvalue weighted by Crippen LogP contribution is -2.09. The number of imidazole rings is 2. The molecule has 21 heavy (non-hydrogen) atoms. The molecule has 4 rings (SSSR count). The first kappa shape index (κ1) is 11.6. The van der Waals surface area contributed by atoms with Gasteiger partial charge in [0, 0.05) is 0 Å². The predicted molar refractivity (Wildman–Crippen MR) is 70.5 cm³/mol. The number of nitrogens with two attached hydrogens (primary N) is 1. The van der Waals surface area contributed by atoms with E-state index in [9.17, 15) is 4.39 Å². The maximum absolute atomic E-state index is 13.4. The highest BCUT2D eigenvalue weighted by molar-refractivity contribution is 5.82. The monoisotopic (exact) mass is 285 g/mol. The minimum Gasteiger partial charge on any atom is -0.382 e. The molecule has 0 saturated carbocycles. The highest BCUT2D eigenvalue weighted by atomic mass is 19.1. The first-order valence-corrected chi connectivity index (χ1v) is 5.96. The molecule has 0 saturated heterocycles. The molecule has 4 aromatic heterocycles. The highest BCUT2D eigenvalue weighted by Gasteiger charge is 2.15. The zero-order valence-corrected chi connectivity index (χ0v) is 10.8. The number of rotatable bonds is 1. The normalized spacial score (nSPS) is 11.5. The fourth-order valence-corrected chi connectivity index (χ4v) is 2.14.